The van der Waals surface area contributed by atoms with E-state index in [2.05, 4.69) is 15.6 Å². The van der Waals surface area contributed by atoms with Crippen molar-refractivity contribution < 1.29 is 8.78 Å². The summed E-state index contributed by atoms with van der Waals surface area (Å²) in [6.45, 7) is 2.28. The fourth-order valence-electron chi connectivity index (χ4n) is 2.11. The lowest BCUT2D eigenvalue weighted by atomic mass is 10.1. The van der Waals surface area contributed by atoms with Gasteiger partial charge in [-0.1, -0.05) is 12.1 Å². The van der Waals surface area contributed by atoms with Crippen molar-refractivity contribution in [2.75, 3.05) is 7.05 Å². The second kappa shape index (κ2) is 9.93. The maximum absolute atomic E-state index is 13.7. The molecule has 0 saturated carbocycles. The fourth-order valence-corrected chi connectivity index (χ4v) is 2.11. The lowest BCUT2D eigenvalue weighted by molar-refractivity contribution is 0.604. The first kappa shape index (κ1) is 20.8. The maximum atomic E-state index is 13.7. The molecule has 0 spiro atoms. The minimum absolute atomic E-state index is 0. The van der Waals surface area contributed by atoms with Crippen LogP contribution >= 0.6 is 24.0 Å². The first-order chi connectivity index (χ1) is 11.5. The van der Waals surface area contributed by atoms with E-state index in [9.17, 15) is 8.78 Å². The normalized spacial score (nSPS) is 10.6. The zero-order chi connectivity index (χ0) is 17.5. The highest BCUT2D eigenvalue weighted by Crippen LogP contribution is 2.10. The lowest BCUT2D eigenvalue weighted by Crippen LogP contribution is -2.36. The highest BCUT2D eigenvalue weighted by Gasteiger charge is 2.06. The molecule has 25 heavy (non-hydrogen) atoms. The van der Waals surface area contributed by atoms with Crippen LogP contribution in [0, 0.1) is 29.9 Å². The topological polar surface area (TPSA) is 60.2 Å². The van der Waals surface area contributed by atoms with E-state index < -0.39 is 5.82 Å². The third-order valence-electron chi connectivity index (χ3n) is 3.54. The molecular formula is C18H19F2IN4. The van der Waals surface area contributed by atoms with Crippen molar-refractivity contribution in [3.8, 4) is 6.07 Å². The summed E-state index contributed by atoms with van der Waals surface area (Å²) in [5.41, 5.74) is 2.14. The van der Waals surface area contributed by atoms with Gasteiger partial charge >= 0.3 is 0 Å². The van der Waals surface area contributed by atoms with Crippen LogP contribution in [0.15, 0.2) is 41.4 Å². The number of halogens is 3. The van der Waals surface area contributed by atoms with Crippen LogP contribution < -0.4 is 10.6 Å². The molecule has 132 valence electrons. The Morgan fingerprint density at radius 1 is 1.08 bits per heavy atom. The molecule has 2 aromatic carbocycles. The molecule has 0 aliphatic carbocycles. The molecule has 0 radical (unpaired) electrons. The van der Waals surface area contributed by atoms with E-state index in [-0.39, 0.29) is 36.3 Å². The van der Waals surface area contributed by atoms with Gasteiger partial charge in [0.05, 0.1) is 11.6 Å². The molecule has 0 heterocycles. The number of guanidine groups is 1. The maximum Gasteiger partial charge on any atom is 0.191 e. The predicted octanol–water partition coefficient (Wildman–Crippen LogP) is 3.63. The first-order valence-electron chi connectivity index (χ1n) is 7.41. The highest BCUT2D eigenvalue weighted by atomic mass is 127. The summed E-state index contributed by atoms with van der Waals surface area (Å²) in [7, 11) is 1.59. The summed E-state index contributed by atoms with van der Waals surface area (Å²) < 4.78 is 27.3. The summed E-state index contributed by atoms with van der Waals surface area (Å²) in [6, 6.07) is 11.2. The van der Waals surface area contributed by atoms with Crippen molar-refractivity contribution in [3.05, 3.63) is 70.3 Å². The van der Waals surface area contributed by atoms with Gasteiger partial charge in [0.25, 0.3) is 0 Å². The van der Waals surface area contributed by atoms with E-state index in [0.717, 1.165) is 5.56 Å². The number of aliphatic imine (C=N–C) groups is 1. The van der Waals surface area contributed by atoms with Gasteiger partial charge in [-0.05, 0) is 42.3 Å². The molecule has 0 atom stereocenters. The van der Waals surface area contributed by atoms with E-state index in [1.807, 2.05) is 12.1 Å². The van der Waals surface area contributed by atoms with E-state index in [1.54, 1.807) is 20.0 Å². The van der Waals surface area contributed by atoms with Gasteiger partial charge in [-0.2, -0.15) is 5.26 Å². The minimum atomic E-state index is -0.391. The highest BCUT2D eigenvalue weighted by molar-refractivity contribution is 14.0. The van der Waals surface area contributed by atoms with Crippen molar-refractivity contribution in [1.82, 2.24) is 10.6 Å². The predicted molar refractivity (Wildman–Crippen MR) is 105 cm³/mol. The second-order valence-electron chi connectivity index (χ2n) is 5.28. The number of aryl methyl sites for hydroxylation is 1. The van der Waals surface area contributed by atoms with E-state index in [0.29, 0.717) is 29.2 Å². The van der Waals surface area contributed by atoms with Crippen LogP contribution in [0.1, 0.15) is 22.3 Å². The Labute approximate surface area is 163 Å². The second-order valence-corrected chi connectivity index (χ2v) is 5.28. The zero-order valence-corrected chi connectivity index (χ0v) is 16.3. The molecule has 0 unspecified atom stereocenters. The Bertz CT molecular complexity index is 800. The van der Waals surface area contributed by atoms with Crippen molar-refractivity contribution in [2.24, 2.45) is 4.99 Å². The van der Waals surface area contributed by atoms with Gasteiger partial charge in [-0.15, -0.1) is 24.0 Å². The Morgan fingerprint density at radius 2 is 1.80 bits per heavy atom. The quantitative estimate of drug-likeness (QED) is 0.420. The number of rotatable bonds is 4. The largest absolute Gasteiger partial charge is 0.352 e. The van der Waals surface area contributed by atoms with Crippen LogP contribution in [0.3, 0.4) is 0 Å². The van der Waals surface area contributed by atoms with Crippen LogP contribution in [-0.2, 0) is 13.1 Å². The Morgan fingerprint density at radius 3 is 2.44 bits per heavy atom. The molecule has 0 aromatic heterocycles. The number of hydrogen-bond acceptors (Lipinski definition) is 2. The first-order valence-corrected chi connectivity index (χ1v) is 7.41. The molecule has 0 aliphatic rings. The number of nitrogens with one attached hydrogen (secondary N) is 2. The molecule has 4 nitrogen and oxygen atoms in total. The molecule has 0 aliphatic heterocycles. The van der Waals surface area contributed by atoms with E-state index in [4.69, 9.17) is 5.26 Å². The van der Waals surface area contributed by atoms with Crippen molar-refractivity contribution in [2.45, 2.75) is 20.0 Å². The Kier molecular flexibility index (Phi) is 8.28. The van der Waals surface area contributed by atoms with Crippen LogP contribution in [-0.4, -0.2) is 13.0 Å². The molecule has 0 saturated heterocycles. The number of hydrogen-bond donors (Lipinski definition) is 2. The van der Waals surface area contributed by atoms with Gasteiger partial charge < -0.3 is 10.6 Å². The standard InChI is InChI=1S/C18H18F2N4.HI/c1-12-3-4-14(8-17(12)20)10-23-18(22-2)24-11-15-7-13(9-21)5-6-16(15)19;/h3-8H,10-11H2,1-2H3,(H2,22,23,24);1H. The molecule has 7 heteroatoms. The molecule has 0 bridgehead atoms. The number of nitrogens with zero attached hydrogens (tertiary/aromatic N) is 2. The number of nitriles is 1. The summed E-state index contributed by atoms with van der Waals surface area (Å²) >= 11 is 0. The van der Waals surface area contributed by atoms with Gasteiger partial charge in [0, 0.05) is 25.7 Å². The molecule has 0 amide bonds. The monoisotopic (exact) mass is 456 g/mol. The Balaban J connectivity index is 0.00000312. The lowest BCUT2D eigenvalue weighted by Gasteiger charge is -2.13. The van der Waals surface area contributed by atoms with Crippen molar-refractivity contribution in [3.63, 3.8) is 0 Å². The van der Waals surface area contributed by atoms with Gasteiger partial charge in [-0.3, -0.25) is 4.99 Å². The van der Waals surface area contributed by atoms with E-state index >= 15 is 0 Å². The third-order valence-corrected chi connectivity index (χ3v) is 3.54. The SMILES string of the molecule is CN=C(NCc1ccc(C)c(F)c1)NCc1cc(C#N)ccc1F.I. The number of benzene rings is 2. The van der Waals surface area contributed by atoms with Gasteiger partial charge in [0.15, 0.2) is 5.96 Å². The molecule has 2 N–H and O–H groups in total. The Hall–Kier alpha value is -2.21. The summed E-state index contributed by atoms with van der Waals surface area (Å²) in [4.78, 5) is 4.04. The van der Waals surface area contributed by atoms with Crippen LogP contribution in [0.25, 0.3) is 0 Å². The molecule has 2 rings (SSSR count). The molecule has 0 fully saturated rings. The van der Waals surface area contributed by atoms with Gasteiger partial charge in [0.2, 0.25) is 0 Å². The average Bonchev–Trinajstić information content (AvgIpc) is 2.59. The zero-order valence-electron chi connectivity index (χ0n) is 13.9. The smallest absolute Gasteiger partial charge is 0.191 e. The summed E-state index contributed by atoms with van der Waals surface area (Å²) in [5.74, 6) is -0.192. The van der Waals surface area contributed by atoms with Crippen LogP contribution in [0.2, 0.25) is 0 Å². The molecular weight excluding hydrogens is 437 g/mol. The third kappa shape index (κ3) is 5.98. The fraction of sp³-hybridized carbons (Fsp3) is 0.222. The van der Waals surface area contributed by atoms with Crippen LogP contribution in [0.5, 0.6) is 0 Å². The summed E-state index contributed by atoms with van der Waals surface area (Å²) in [6.07, 6.45) is 0. The average molecular weight is 456 g/mol. The van der Waals surface area contributed by atoms with Gasteiger partial charge in [0.1, 0.15) is 11.6 Å². The van der Waals surface area contributed by atoms with Crippen molar-refractivity contribution in [1.29, 1.82) is 5.26 Å². The van der Waals surface area contributed by atoms with Crippen molar-refractivity contribution >= 4 is 29.9 Å². The van der Waals surface area contributed by atoms with Crippen LogP contribution in [0.4, 0.5) is 8.78 Å². The minimum Gasteiger partial charge on any atom is -0.352 e. The van der Waals surface area contributed by atoms with E-state index in [1.165, 1.54) is 24.3 Å². The summed E-state index contributed by atoms with van der Waals surface area (Å²) in [5, 5.41) is 14.9. The molecule has 2 aromatic rings. The van der Waals surface area contributed by atoms with Gasteiger partial charge in [-0.25, -0.2) is 8.78 Å².